The van der Waals surface area contributed by atoms with Crippen molar-refractivity contribution in [2.75, 3.05) is 18.1 Å². The fraction of sp³-hybridized carbons (Fsp3) is 0.600. The van der Waals surface area contributed by atoms with Crippen LogP contribution in [-0.4, -0.2) is 42.4 Å². The minimum absolute atomic E-state index is 0.0623. The Morgan fingerprint density at radius 1 is 1.56 bits per heavy atom. The first-order valence-corrected chi connectivity index (χ1v) is 5.99. The number of thioether (sulfide) groups is 1. The van der Waals surface area contributed by atoms with Crippen molar-refractivity contribution < 1.29 is 23.8 Å². The molecule has 0 aromatic carbocycles. The molecular formula is C10H14O5S. The number of hydrogen-bond acceptors (Lipinski definition) is 6. The molecule has 0 aromatic heterocycles. The van der Waals surface area contributed by atoms with E-state index in [0.29, 0.717) is 5.75 Å². The van der Waals surface area contributed by atoms with Gasteiger partial charge in [-0.25, -0.2) is 9.59 Å². The van der Waals surface area contributed by atoms with Crippen molar-refractivity contribution in [2.45, 2.75) is 19.3 Å². The van der Waals surface area contributed by atoms with Gasteiger partial charge in [-0.05, 0) is 6.92 Å². The highest BCUT2D eigenvalue weighted by Gasteiger charge is 2.23. The van der Waals surface area contributed by atoms with Crippen molar-refractivity contribution in [2.24, 2.45) is 0 Å². The van der Waals surface area contributed by atoms with Gasteiger partial charge in [0.2, 0.25) is 6.29 Å². The van der Waals surface area contributed by atoms with Gasteiger partial charge < -0.3 is 14.2 Å². The van der Waals surface area contributed by atoms with Crippen molar-refractivity contribution in [3.05, 3.63) is 12.7 Å². The predicted molar refractivity (Wildman–Crippen MR) is 58.9 cm³/mol. The summed E-state index contributed by atoms with van der Waals surface area (Å²) in [7, 11) is 0. The van der Waals surface area contributed by atoms with Gasteiger partial charge in [0.1, 0.15) is 0 Å². The second kappa shape index (κ2) is 6.55. The fourth-order valence-corrected chi connectivity index (χ4v) is 1.98. The van der Waals surface area contributed by atoms with Crippen LogP contribution in [0, 0.1) is 0 Å². The zero-order valence-electron chi connectivity index (χ0n) is 9.01. The maximum atomic E-state index is 11.2. The molecule has 0 amide bonds. The summed E-state index contributed by atoms with van der Waals surface area (Å²) in [5, 5.41) is 0. The highest BCUT2D eigenvalue weighted by Crippen LogP contribution is 2.18. The minimum atomic E-state index is -0.649. The van der Waals surface area contributed by atoms with Crippen LogP contribution in [0.4, 0.5) is 0 Å². The highest BCUT2D eigenvalue weighted by atomic mass is 32.2. The van der Waals surface area contributed by atoms with Crippen molar-refractivity contribution in [3.8, 4) is 0 Å². The molecule has 0 bridgehead atoms. The lowest BCUT2D eigenvalue weighted by molar-refractivity contribution is -0.187. The van der Waals surface area contributed by atoms with Gasteiger partial charge in [0.15, 0.2) is 6.61 Å². The van der Waals surface area contributed by atoms with Gasteiger partial charge in [-0.1, -0.05) is 6.58 Å². The third-order valence-electron chi connectivity index (χ3n) is 1.75. The molecule has 0 radical (unpaired) electrons. The third-order valence-corrected chi connectivity index (χ3v) is 2.97. The molecule has 2 unspecified atom stereocenters. The summed E-state index contributed by atoms with van der Waals surface area (Å²) in [6.07, 6.45) is 0.499. The van der Waals surface area contributed by atoms with Crippen LogP contribution >= 0.6 is 11.8 Å². The summed E-state index contributed by atoms with van der Waals surface area (Å²) in [6.45, 7) is 4.70. The molecule has 90 valence electrons. The molecule has 2 atom stereocenters. The highest BCUT2D eigenvalue weighted by molar-refractivity contribution is 7.99. The van der Waals surface area contributed by atoms with Crippen molar-refractivity contribution in [1.29, 1.82) is 0 Å². The summed E-state index contributed by atoms with van der Waals surface area (Å²) < 4.78 is 14.9. The van der Waals surface area contributed by atoms with E-state index < -0.39 is 24.8 Å². The van der Waals surface area contributed by atoms with Crippen LogP contribution in [0.3, 0.4) is 0 Å². The number of hydrogen-bond donors (Lipinski definition) is 0. The lowest BCUT2D eigenvalue weighted by Crippen LogP contribution is -2.34. The zero-order chi connectivity index (χ0) is 12.0. The van der Waals surface area contributed by atoms with Crippen molar-refractivity contribution in [3.63, 3.8) is 0 Å². The van der Waals surface area contributed by atoms with Crippen molar-refractivity contribution in [1.82, 2.24) is 0 Å². The number of esters is 2. The third kappa shape index (κ3) is 4.67. The molecular weight excluding hydrogens is 232 g/mol. The molecule has 0 saturated carbocycles. The average Bonchev–Trinajstić information content (AvgIpc) is 2.26. The van der Waals surface area contributed by atoms with E-state index in [1.165, 1.54) is 0 Å². The molecule has 1 aliphatic rings. The van der Waals surface area contributed by atoms with Crippen LogP contribution in [0.1, 0.15) is 6.92 Å². The van der Waals surface area contributed by atoms with E-state index in [1.54, 1.807) is 11.8 Å². The van der Waals surface area contributed by atoms with E-state index in [4.69, 9.17) is 9.47 Å². The van der Waals surface area contributed by atoms with Crippen LogP contribution in [0.5, 0.6) is 0 Å². The van der Waals surface area contributed by atoms with E-state index in [1.807, 2.05) is 6.92 Å². The molecule has 1 fully saturated rings. The van der Waals surface area contributed by atoms with Crippen LogP contribution in [-0.2, 0) is 23.8 Å². The van der Waals surface area contributed by atoms with Gasteiger partial charge in [-0.2, -0.15) is 11.8 Å². The summed E-state index contributed by atoms with van der Waals surface area (Å²) in [4.78, 5) is 21.9. The topological polar surface area (TPSA) is 61.8 Å². The van der Waals surface area contributed by atoms with E-state index in [9.17, 15) is 9.59 Å². The second-order valence-corrected chi connectivity index (χ2v) is 4.29. The summed E-state index contributed by atoms with van der Waals surface area (Å²) in [5.74, 6) is 0.226. The standard InChI is InChI=1S/C10H14O5S/c1-3-8(11)13-4-9(12)15-10-6-16-5-7(2)14-10/h3,7,10H,1,4-6H2,2H3. The molecule has 0 aliphatic carbocycles. The first kappa shape index (κ1) is 13.1. The van der Waals surface area contributed by atoms with Gasteiger partial charge >= 0.3 is 11.9 Å². The van der Waals surface area contributed by atoms with Crippen molar-refractivity contribution >= 4 is 23.7 Å². The normalized spacial score (nSPS) is 24.6. The zero-order valence-corrected chi connectivity index (χ0v) is 9.83. The Morgan fingerprint density at radius 3 is 2.94 bits per heavy atom. The fourth-order valence-electron chi connectivity index (χ4n) is 1.10. The molecule has 1 aliphatic heterocycles. The van der Waals surface area contributed by atoms with E-state index >= 15 is 0 Å². The molecule has 0 aromatic rings. The smallest absolute Gasteiger partial charge is 0.346 e. The van der Waals surface area contributed by atoms with E-state index in [0.717, 1.165) is 11.8 Å². The molecule has 1 rings (SSSR count). The molecule has 0 N–H and O–H groups in total. The van der Waals surface area contributed by atoms with Gasteiger partial charge in [0.25, 0.3) is 0 Å². The Bertz CT molecular complexity index is 278. The molecule has 1 saturated heterocycles. The summed E-state index contributed by atoms with van der Waals surface area (Å²) >= 11 is 1.66. The van der Waals surface area contributed by atoms with Gasteiger partial charge in [0, 0.05) is 11.8 Å². The van der Waals surface area contributed by atoms with Crippen LogP contribution in [0.25, 0.3) is 0 Å². The van der Waals surface area contributed by atoms with Crippen LogP contribution < -0.4 is 0 Å². The largest absolute Gasteiger partial charge is 0.451 e. The molecule has 16 heavy (non-hydrogen) atoms. The maximum Gasteiger partial charge on any atom is 0.346 e. The minimum Gasteiger partial charge on any atom is -0.451 e. The molecule has 0 spiro atoms. The lowest BCUT2D eigenvalue weighted by Gasteiger charge is -2.26. The van der Waals surface area contributed by atoms with Gasteiger partial charge in [-0.15, -0.1) is 0 Å². The number of rotatable bonds is 4. The Hall–Kier alpha value is -1.01. The molecule has 1 heterocycles. The van der Waals surface area contributed by atoms with Gasteiger partial charge in [0.05, 0.1) is 11.9 Å². The Balaban J connectivity index is 2.22. The first-order valence-electron chi connectivity index (χ1n) is 4.83. The Morgan fingerprint density at radius 2 is 2.31 bits per heavy atom. The number of ether oxygens (including phenoxy) is 3. The van der Waals surface area contributed by atoms with Gasteiger partial charge in [-0.3, -0.25) is 0 Å². The lowest BCUT2D eigenvalue weighted by atomic mass is 10.4. The monoisotopic (exact) mass is 246 g/mol. The first-order chi connectivity index (χ1) is 7.61. The average molecular weight is 246 g/mol. The SMILES string of the molecule is C=CC(=O)OCC(=O)OC1CSCC(C)O1. The summed E-state index contributed by atoms with van der Waals surface area (Å²) in [6, 6.07) is 0. The number of carbonyl (C=O) groups excluding carboxylic acids is 2. The summed E-state index contributed by atoms with van der Waals surface area (Å²) in [5.41, 5.74) is 0. The predicted octanol–water partition coefficient (Wildman–Crippen LogP) is 0.737. The van der Waals surface area contributed by atoms with E-state index in [2.05, 4.69) is 11.3 Å². The van der Waals surface area contributed by atoms with E-state index in [-0.39, 0.29) is 6.10 Å². The quantitative estimate of drug-likeness (QED) is 0.538. The Labute approximate surface area is 98.1 Å². The second-order valence-electron chi connectivity index (χ2n) is 3.22. The Kier molecular flexibility index (Phi) is 5.34. The molecule has 5 nitrogen and oxygen atoms in total. The molecule has 6 heteroatoms. The maximum absolute atomic E-state index is 11.2. The number of carbonyl (C=O) groups is 2. The van der Waals surface area contributed by atoms with Crippen LogP contribution in [0.15, 0.2) is 12.7 Å². The van der Waals surface area contributed by atoms with Crippen LogP contribution in [0.2, 0.25) is 0 Å².